The van der Waals surface area contributed by atoms with Crippen LogP contribution in [0.5, 0.6) is 0 Å². The van der Waals surface area contributed by atoms with Crippen molar-refractivity contribution < 1.29 is 4.79 Å². The Morgan fingerprint density at radius 1 is 1.40 bits per heavy atom. The Morgan fingerprint density at radius 3 is 2.75 bits per heavy atom. The molecule has 112 valence electrons. The number of likely N-dealkylation sites (tertiary alicyclic amines) is 1. The van der Waals surface area contributed by atoms with E-state index in [4.69, 9.17) is 5.73 Å². The van der Waals surface area contributed by atoms with Crippen LogP contribution >= 0.6 is 12.4 Å². The lowest BCUT2D eigenvalue weighted by molar-refractivity contribution is -0.131. The van der Waals surface area contributed by atoms with Crippen molar-refractivity contribution in [1.29, 1.82) is 0 Å². The zero-order valence-corrected chi connectivity index (χ0v) is 12.8. The van der Waals surface area contributed by atoms with Gasteiger partial charge in [-0.05, 0) is 24.9 Å². The number of piperidine rings is 1. The van der Waals surface area contributed by atoms with E-state index in [0.29, 0.717) is 13.1 Å². The van der Waals surface area contributed by atoms with Crippen LogP contribution in [0, 0.1) is 0 Å². The molecule has 0 spiro atoms. The van der Waals surface area contributed by atoms with Crippen LogP contribution in [0.3, 0.4) is 0 Å². The first kappa shape index (κ1) is 17.0. The Morgan fingerprint density at radius 2 is 2.10 bits per heavy atom. The molecule has 1 heterocycles. The van der Waals surface area contributed by atoms with Gasteiger partial charge in [0, 0.05) is 26.2 Å². The summed E-state index contributed by atoms with van der Waals surface area (Å²) in [4.78, 5) is 16.1. The van der Waals surface area contributed by atoms with Gasteiger partial charge in [0.2, 0.25) is 5.91 Å². The second-order valence-electron chi connectivity index (χ2n) is 5.37. The third kappa shape index (κ3) is 5.12. The first-order valence-electron chi connectivity index (χ1n) is 6.91. The summed E-state index contributed by atoms with van der Waals surface area (Å²) in [6.45, 7) is 2.97. The number of carbonyl (C=O) groups is 1. The minimum absolute atomic E-state index is 0. The summed E-state index contributed by atoms with van der Waals surface area (Å²) in [6, 6.07) is 10.3. The topological polar surface area (TPSA) is 49.6 Å². The van der Waals surface area contributed by atoms with Crippen molar-refractivity contribution in [3.8, 4) is 0 Å². The lowest BCUT2D eigenvalue weighted by Gasteiger charge is -2.31. The van der Waals surface area contributed by atoms with Gasteiger partial charge in [0.15, 0.2) is 0 Å². The highest BCUT2D eigenvalue weighted by Gasteiger charge is 2.20. The van der Waals surface area contributed by atoms with E-state index in [9.17, 15) is 4.79 Å². The largest absolute Gasteiger partial charge is 0.340 e. The normalized spacial score (nSPS) is 19.2. The van der Waals surface area contributed by atoms with Gasteiger partial charge < -0.3 is 10.6 Å². The number of nitrogens with zero attached hydrogens (tertiary/aromatic N) is 2. The third-order valence-corrected chi connectivity index (χ3v) is 3.59. The number of benzene rings is 1. The van der Waals surface area contributed by atoms with Crippen LogP contribution in [0.4, 0.5) is 0 Å². The molecule has 0 aliphatic carbocycles. The van der Waals surface area contributed by atoms with Crippen LogP contribution < -0.4 is 5.73 Å². The van der Waals surface area contributed by atoms with Crippen LogP contribution in [0.1, 0.15) is 18.4 Å². The van der Waals surface area contributed by atoms with Crippen LogP contribution in [-0.4, -0.2) is 48.4 Å². The molecule has 2 rings (SSSR count). The van der Waals surface area contributed by atoms with E-state index >= 15 is 0 Å². The van der Waals surface area contributed by atoms with E-state index in [1.165, 1.54) is 0 Å². The number of hydrogen-bond donors (Lipinski definition) is 1. The standard InChI is InChI=1S/C15H23N3O.ClH/c1-17(10-13-6-3-2-4-7-13)15(19)12-18-9-5-8-14(16)11-18;/h2-4,6-7,14H,5,8-12,16H2,1H3;1H/t14-;/m1./s1. The monoisotopic (exact) mass is 297 g/mol. The summed E-state index contributed by atoms with van der Waals surface area (Å²) in [6.07, 6.45) is 2.17. The molecule has 1 aliphatic rings. The number of halogens is 1. The number of amides is 1. The molecule has 0 aromatic heterocycles. The molecule has 20 heavy (non-hydrogen) atoms. The molecule has 0 unspecified atom stereocenters. The predicted molar refractivity (Wildman–Crippen MR) is 83.8 cm³/mol. The van der Waals surface area contributed by atoms with E-state index in [1.54, 1.807) is 4.90 Å². The highest BCUT2D eigenvalue weighted by molar-refractivity contribution is 5.85. The molecule has 1 aromatic rings. The number of hydrogen-bond acceptors (Lipinski definition) is 3. The number of carbonyl (C=O) groups excluding carboxylic acids is 1. The third-order valence-electron chi connectivity index (χ3n) is 3.59. The molecule has 1 aromatic carbocycles. The second-order valence-corrected chi connectivity index (χ2v) is 5.37. The zero-order valence-electron chi connectivity index (χ0n) is 12.0. The Kier molecular flexibility index (Phi) is 6.99. The minimum atomic E-state index is 0. The smallest absolute Gasteiger partial charge is 0.236 e. The maximum absolute atomic E-state index is 12.2. The maximum Gasteiger partial charge on any atom is 0.236 e. The highest BCUT2D eigenvalue weighted by Crippen LogP contribution is 2.09. The van der Waals surface area contributed by atoms with Crippen LogP contribution in [0.15, 0.2) is 30.3 Å². The van der Waals surface area contributed by atoms with Crippen molar-refractivity contribution >= 4 is 18.3 Å². The number of rotatable bonds is 4. The van der Waals surface area contributed by atoms with Gasteiger partial charge in [-0.1, -0.05) is 30.3 Å². The van der Waals surface area contributed by atoms with Gasteiger partial charge in [-0.2, -0.15) is 0 Å². The van der Waals surface area contributed by atoms with Gasteiger partial charge in [-0.15, -0.1) is 12.4 Å². The Hall–Kier alpha value is -1.10. The summed E-state index contributed by atoms with van der Waals surface area (Å²) in [7, 11) is 1.86. The molecule has 1 aliphatic heterocycles. The molecule has 4 nitrogen and oxygen atoms in total. The van der Waals surface area contributed by atoms with E-state index in [0.717, 1.165) is 31.5 Å². The predicted octanol–water partition coefficient (Wildman–Crippen LogP) is 1.49. The summed E-state index contributed by atoms with van der Waals surface area (Å²) in [5.41, 5.74) is 7.09. The van der Waals surface area contributed by atoms with Gasteiger partial charge >= 0.3 is 0 Å². The molecule has 0 saturated carbocycles. The van der Waals surface area contributed by atoms with Crippen molar-refractivity contribution in [2.75, 3.05) is 26.7 Å². The van der Waals surface area contributed by atoms with Crippen LogP contribution in [-0.2, 0) is 11.3 Å². The van der Waals surface area contributed by atoms with Gasteiger partial charge in [0.25, 0.3) is 0 Å². The van der Waals surface area contributed by atoms with Crippen LogP contribution in [0.25, 0.3) is 0 Å². The number of likely N-dealkylation sites (N-methyl/N-ethyl adjacent to an activating group) is 1. The first-order chi connectivity index (χ1) is 9.15. The Balaban J connectivity index is 0.00000200. The van der Waals surface area contributed by atoms with Gasteiger partial charge in [0.05, 0.1) is 6.54 Å². The molecule has 1 fully saturated rings. The fourth-order valence-corrected chi connectivity index (χ4v) is 2.49. The van der Waals surface area contributed by atoms with Crippen LogP contribution in [0.2, 0.25) is 0 Å². The second kappa shape index (κ2) is 8.25. The average molecular weight is 298 g/mol. The van der Waals surface area contributed by atoms with Gasteiger partial charge in [-0.3, -0.25) is 9.69 Å². The molecule has 0 radical (unpaired) electrons. The summed E-state index contributed by atoms with van der Waals surface area (Å²) in [5.74, 6) is 0.165. The quantitative estimate of drug-likeness (QED) is 0.916. The van der Waals surface area contributed by atoms with Crippen molar-refractivity contribution in [2.45, 2.75) is 25.4 Å². The van der Waals surface area contributed by atoms with Crippen molar-refractivity contribution in [3.05, 3.63) is 35.9 Å². The number of nitrogens with two attached hydrogens (primary N) is 1. The first-order valence-corrected chi connectivity index (χ1v) is 6.91. The average Bonchev–Trinajstić information content (AvgIpc) is 2.40. The molecule has 1 amide bonds. The Labute approximate surface area is 127 Å². The van der Waals surface area contributed by atoms with E-state index in [2.05, 4.69) is 4.90 Å². The molecular weight excluding hydrogens is 274 g/mol. The minimum Gasteiger partial charge on any atom is -0.340 e. The summed E-state index contributed by atoms with van der Waals surface area (Å²) >= 11 is 0. The molecule has 0 bridgehead atoms. The van der Waals surface area contributed by atoms with Crippen molar-refractivity contribution in [3.63, 3.8) is 0 Å². The summed E-state index contributed by atoms with van der Waals surface area (Å²) < 4.78 is 0. The SMILES string of the molecule is CN(Cc1ccccc1)C(=O)CN1CCC[C@@H](N)C1.Cl. The highest BCUT2D eigenvalue weighted by atomic mass is 35.5. The molecular formula is C15H24ClN3O. The van der Waals surface area contributed by atoms with E-state index in [-0.39, 0.29) is 24.4 Å². The molecule has 1 atom stereocenters. The van der Waals surface area contributed by atoms with Gasteiger partial charge in [-0.25, -0.2) is 0 Å². The molecule has 1 saturated heterocycles. The molecule has 5 heteroatoms. The lowest BCUT2D eigenvalue weighted by Crippen LogP contribution is -2.47. The maximum atomic E-state index is 12.2. The summed E-state index contributed by atoms with van der Waals surface area (Å²) in [5, 5.41) is 0. The van der Waals surface area contributed by atoms with Crippen molar-refractivity contribution in [1.82, 2.24) is 9.80 Å². The van der Waals surface area contributed by atoms with Crippen molar-refractivity contribution in [2.24, 2.45) is 5.73 Å². The van der Waals surface area contributed by atoms with E-state index < -0.39 is 0 Å². The van der Waals surface area contributed by atoms with Gasteiger partial charge in [0.1, 0.15) is 0 Å². The fourth-order valence-electron chi connectivity index (χ4n) is 2.49. The fraction of sp³-hybridized carbons (Fsp3) is 0.533. The van der Waals surface area contributed by atoms with E-state index in [1.807, 2.05) is 37.4 Å². The zero-order chi connectivity index (χ0) is 13.7. The Bertz CT molecular complexity index is 413. The lowest BCUT2D eigenvalue weighted by atomic mass is 10.1. The molecule has 2 N–H and O–H groups in total.